The van der Waals surface area contributed by atoms with Crippen LogP contribution in [0.1, 0.15) is 39.0 Å². The first kappa shape index (κ1) is 19.8. The minimum atomic E-state index is -0.519. The van der Waals surface area contributed by atoms with Crippen molar-refractivity contribution in [3.63, 3.8) is 0 Å². The number of hydrogen-bond donors (Lipinski definition) is 2. The van der Waals surface area contributed by atoms with Gasteiger partial charge < -0.3 is 21.3 Å². The predicted molar refractivity (Wildman–Crippen MR) is 117 cm³/mol. The zero-order chi connectivity index (χ0) is 20.6. The number of guanidine groups is 2. The maximum Gasteiger partial charge on any atom is 0.220 e. The lowest BCUT2D eigenvalue weighted by atomic mass is 9.87. The van der Waals surface area contributed by atoms with Gasteiger partial charge in [-0.2, -0.15) is 4.99 Å². The molecule has 2 heterocycles. The molecular formula is C20H28ClN7O. The molecule has 1 amide bonds. The Labute approximate surface area is 176 Å². The number of nitrogens with two attached hydrogens (primary N) is 2. The first-order valence-corrected chi connectivity index (χ1v) is 10.6. The number of hydrogen-bond acceptors (Lipinski definition) is 7. The van der Waals surface area contributed by atoms with Crippen molar-refractivity contribution in [1.29, 1.82) is 0 Å². The van der Waals surface area contributed by atoms with Gasteiger partial charge in [-0.15, -0.1) is 0 Å². The van der Waals surface area contributed by atoms with Crippen molar-refractivity contribution < 1.29 is 4.79 Å². The third-order valence-corrected chi connectivity index (χ3v) is 6.33. The van der Waals surface area contributed by atoms with Gasteiger partial charge in [0.2, 0.25) is 17.8 Å². The smallest absolute Gasteiger partial charge is 0.220 e. The van der Waals surface area contributed by atoms with Crippen molar-refractivity contribution in [3.05, 3.63) is 23.2 Å². The Morgan fingerprint density at radius 1 is 1.07 bits per heavy atom. The van der Waals surface area contributed by atoms with Gasteiger partial charge in [-0.05, 0) is 43.9 Å². The molecule has 1 aliphatic carbocycles. The number of halogens is 1. The average molecular weight is 418 g/mol. The highest BCUT2D eigenvalue weighted by Crippen LogP contribution is 2.43. The fraction of sp³-hybridized carbons (Fsp3) is 0.550. The molecule has 0 aromatic heterocycles. The number of carbonyl (C=O) groups excluding carboxylic acids is 1. The number of piperazine rings is 1. The van der Waals surface area contributed by atoms with Gasteiger partial charge in [-0.3, -0.25) is 9.69 Å². The van der Waals surface area contributed by atoms with Crippen LogP contribution in [0.5, 0.6) is 0 Å². The number of carbonyl (C=O) groups is 1. The van der Waals surface area contributed by atoms with Crippen LogP contribution in [0.15, 0.2) is 28.2 Å². The Bertz CT molecular complexity index is 854. The van der Waals surface area contributed by atoms with Crippen LogP contribution in [0.2, 0.25) is 5.02 Å². The minimum Gasteiger partial charge on any atom is -0.369 e. The summed E-state index contributed by atoms with van der Waals surface area (Å²) >= 11 is 6.40. The highest BCUT2D eigenvalue weighted by molar-refractivity contribution is 6.31. The summed E-state index contributed by atoms with van der Waals surface area (Å²) < 4.78 is 0. The van der Waals surface area contributed by atoms with Crippen molar-refractivity contribution in [1.82, 2.24) is 4.90 Å². The molecule has 0 unspecified atom stereocenters. The minimum absolute atomic E-state index is 0.111. The second kappa shape index (κ2) is 7.74. The molecule has 0 radical (unpaired) electrons. The third kappa shape index (κ3) is 3.73. The Morgan fingerprint density at radius 3 is 2.41 bits per heavy atom. The number of benzene rings is 1. The number of rotatable bonds is 2. The molecule has 156 valence electrons. The summed E-state index contributed by atoms with van der Waals surface area (Å²) in [5, 5.41) is 0.632. The monoisotopic (exact) mass is 417 g/mol. The molecule has 0 bridgehead atoms. The van der Waals surface area contributed by atoms with Crippen LogP contribution in [-0.4, -0.2) is 54.6 Å². The summed E-state index contributed by atoms with van der Waals surface area (Å²) in [6.07, 6.45) is 5.04. The predicted octanol–water partition coefficient (Wildman–Crippen LogP) is 2.12. The largest absolute Gasteiger partial charge is 0.369 e. The maximum atomic E-state index is 11.7. The Morgan fingerprint density at radius 2 is 1.76 bits per heavy atom. The number of nitrogens with zero attached hydrogens (tertiary/aromatic N) is 5. The molecule has 1 saturated heterocycles. The summed E-state index contributed by atoms with van der Waals surface area (Å²) in [5.74, 6) is 0.698. The highest BCUT2D eigenvalue weighted by Gasteiger charge is 2.43. The van der Waals surface area contributed by atoms with E-state index in [-0.39, 0.29) is 11.9 Å². The molecule has 2 fully saturated rings. The lowest BCUT2D eigenvalue weighted by Crippen LogP contribution is -2.59. The normalized spacial score (nSPS) is 21.8. The Hall–Kier alpha value is -2.48. The third-order valence-electron chi connectivity index (χ3n) is 6.10. The van der Waals surface area contributed by atoms with Gasteiger partial charge in [0.05, 0.1) is 11.4 Å². The molecule has 8 nitrogen and oxygen atoms in total. The molecule has 2 aliphatic heterocycles. The van der Waals surface area contributed by atoms with E-state index in [0.29, 0.717) is 24.1 Å². The fourth-order valence-electron chi connectivity index (χ4n) is 4.68. The van der Waals surface area contributed by atoms with Crippen LogP contribution in [-0.2, 0) is 4.79 Å². The van der Waals surface area contributed by atoms with Gasteiger partial charge in [0.1, 0.15) is 5.66 Å². The van der Waals surface area contributed by atoms with E-state index in [1.165, 1.54) is 6.42 Å². The maximum absolute atomic E-state index is 11.7. The molecule has 4 rings (SSSR count). The molecule has 3 aliphatic rings. The summed E-state index contributed by atoms with van der Waals surface area (Å²) in [6, 6.07) is 5.84. The highest BCUT2D eigenvalue weighted by atomic mass is 35.5. The van der Waals surface area contributed by atoms with Gasteiger partial charge in [0.15, 0.2) is 0 Å². The van der Waals surface area contributed by atoms with E-state index < -0.39 is 5.66 Å². The number of anilines is 2. The van der Waals surface area contributed by atoms with E-state index in [1.54, 1.807) is 6.92 Å². The van der Waals surface area contributed by atoms with Crippen LogP contribution in [0, 0.1) is 0 Å². The second-order valence-corrected chi connectivity index (χ2v) is 8.38. The van der Waals surface area contributed by atoms with Crippen molar-refractivity contribution >= 4 is 40.8 Å². The summed E-state index contributed by atoms with van der Waals surface area (Å²) in [4.78, 5) is 26.9. The summed E-state index contributed by atoms with van der Waals surface area (Å²) in [5.41, 5.74) is 13.8. The lowest BCUT2D eigenvalue weighted by molar-refractivity contribution is -0.129. The molecule has 1 saturated carbocycles. The Balaban J connectivity index is 1.73. The molecule has 1 spiro atoms. The molecule has 1 aromatic rings. The molecular weight excluding hydrogens is 390 g/mol. The van der Waals surface area contributed by atoms with Crippen molar-refractivity contribution in [3.8, 4) is 0 Å². The SMILES string of the molecule is CC(=O)N1CCN(c2ccc(Cl)cc2N2C(N)=NC(N)=NC23CCCCC3)CC1. The zero-order valence-electron chi connectivity index (χ0n) is 16.8. The van der Waals surface area contributed by atoms with Crippen LogP contribution in [0.4, 0.5) is 11.4 Å². The average Bonchev–Trinajstić information content (AvgIpc) is 2.68. The molecule has 0 atom stereocenters. The molecule has 1 aromatic carbocycles. The van der Waals surface area contributed by atoms with E-state index in [9.17, 15) is 4.79 Å². The summed E-state index contributed by atoms with van der Waals surface area (Å²) in [7, 11) is 0. The van der Waals surface area contributed by atoms with Gasteiger partial charge >= 0.3 is 0 Å². The van der Waals surface area contributed by atoms with Gasteiger partial charge in [0, 0.05) is 38.1 Å². The van der Waals surface area contributed by atoms with E-state index in [2.05, 4.69) is 9.89 Å². The van der Waals surface area contributed by atoms with Crippen LogP contribution < -0.4 is 21.3 Å². The van der Waals surface area contributed by atoms with Crippen molar-refractivity contribution in [2.24, 2.45) is 21.5 Å². The standard InChI is InChI=1S/C20H28ClN7O/c1-14(29)26-9-11-27(12-10-26)16-6-5-15(21)13-17(16)28-19(23)24-18(22)25-20(28)7-3-2-4-8-20/h5-6,13H,2-4,7-12H2,1H3,(H4,22,23,24,25). The van der Waals surface area contributed by atoms with E-state index in [1.807, 2.05) is 28.0 Å². The molecule has 29 heavy (non-hydrogen) atoms. The number of aliphatic imine (C=N–C) groups is 2. The van der Waals surface area contributed by atoms with Gasteiger partial charge in [-0.25, -0.2) is 4.99 Å². The van der Waals surface area contributed by atoms with E-state index in [0.717, 1.165) is 50.1 Å². The second-order valence-electron chi connectivity index (χ2n) is 7.94. The van der Waals surface area contributed by atoms with Crippen LogP contribution >= 0.6 is 11.6 Å². The van der Waals surface area contributed by atoms with Crippen molar-refractivity contribution in [2.75, 3.05) is 36.0 Å². The molecule has 9 heteroatoms. The zero-order valence-corrected chi connectivity index (χ0v) is 17.5. The van der Waals surface area contributed by atoms with E-state index in [4.69, 9.17) is 28.1 Å². The number of amides is 1. The first-order valence-electron chi connectivity index (χ1n) is 10.2. The van der Waals surface area contributed by atoms with Gasteiger partial charge in [0.25, 0.3) is 0 Å². The van der Waals surface area contributed by atoms with Crippen LogP contribution in [0.3, 0.4) is 0 Å². The quantitative estimate of drug-likeness (QED) is 0.767. The van der Waals surface area contributed by atoms with Crippen LogP contribution in [0.25, 0.3) is 0 Å². The lowest BCUT2D eigenvalue weighted by Gasteiger charge is -2.47. The first-order chi connectivity index (χ1) is 13.9. The van der Waals surface area contributed by atoms with Crippen molar-refractivity contribution in [2.45, 2.75) is 44.7 Å². The van der Waals surface area contributed by atoms with E-state index >= 15 is 0 Å². The fourth-order valence-corrected chi connectivity index (χ4v) is 4.84. The molecule has 4 N–H and O–H groups in total. The topological polar surface area (TPSA) is 104 Å². The van der Waals surface area contributed by atoms with Gasteiger partial charge in [-0.1, -0.05) is 18.0 Å². The summed E-state index contributed by atoms with van der Waals surface area (Å²) in [6.45, 7) is 4.49. The Kier molecular flexibility index (Phi) is 5.29.